The summed E-state index contributed by atoms with van der Waals surface area (Å²) in [6.45, 7) is 5.38. The summed E-state index contributed by atoms with van der Waals surface area (Å²) in [4.78, 5) is 13.5. The molecule has 0 saturated carbocycles. The Labute approximate surface area is 125 Å². The average Bonchev–Trinajstić information content (AvgIpc) is 2.50. The van der Waals surface area contributed by atoms with Crippen molar-refractivity contribution in [3.8, 4) is 6.07 Å². The quantitative estimate of drug-likeness (QED) is 0.491. The van der Waals surface area contributed by atoms with Crippen LogP contribution in [0.4, 0.5) is 5.69 Å². The first-order chi connectivity index (χ1) is 10.1. The number of hydrogen-bond acceptors (Lipinski definition) is 5. The fraction of sp³-hybridized carbons (Fsp3) is 0.375. The average molecular weight is 288 g/mol. The number of aryl methyl sites for hydroxylation is 1. The fourth-order valence-corrected chi connectivity index (χ4v) is 2.01. The number of esters is 1. The van der Waals surface area contributed by atoms with Gasteiger partial charge in [-0.15, -0.1) is 0 Å². The standard InChI is InChI=1S/C16H20N2O3/c1-4-18(7-8-19)15-6-5-13(12(2)9-15)10-14(11-17)16(20)21-3/h5-6,9-10,19H,4,7-8H2,1-3H3/b14-10+. The number of carbonyl (C=O) groups is 1. The van der Waals surface area contributed by atoms with Crippen LogP contribution >= 0.6 is 0 Å². The lowest BCUT2D eigenvalue weighted by atomic mass is 10.0. The number of methoxy groups -OCH3 is 1. The summed E-state index contributed by atoms with van der Waals surface area (Å²) >= 11 is 0. The van der Waals surface area contributed by atoms with Gasteiger partial charge in [0.15, 0.2) is 0 Å². The highest BCUT2D eigenvalue weighted by atomic mass is 16.5. The van der Waals surface area contributed by atoms with Crippen LogP contribution in [0, 0.1) is 18.3 Å². The second kappa shape index (κ2) is 8.08. The lowest BCUT2D eigenvalue weighted by molar-refractivity contribution is -0.135. The van der Waals surface area contributed by atoms with Crippen molar-refractivity contribution < 1.29 is 14.6 Å². The Balaban J connectivity index is 3.11. The Hall–Kier alpha value is -2.32. The Bertz CT molecular complexity index is 573. The van der Waals surface area contributed by atoms with E-state index in [-0.39, 0.29) is 12.2 Å². The minimum absolute atomic E-state index is 0.0314. The van der Waals surface area contributed by atoms with Crippen molar-refractivity contribution in [3.63, 3.8) is 0 Å². The van der Waals surface area contributed by atoms with Crippen LogP contribution in [-0.2, 0) is 9.53 Å². The molecule has 0 heterocycles. The van der Waals surface area contributed by atoms with Crippen LogP contribution in [0.3, 0.4) is 0 Å². The van der Waals surface area contributed by atoms with Crippen molar-refractivity contribution in [2.45, 2.75) is 13.8 Å². The van der Waals surface area contributed by atoms with Gasteiger partial charge in [0.1, 0.15) is 11.6 Å². The number of likely N-dealkylation sites (N-methyl/N-ethyl adjacent to an activating group) is 1. The molecule has 112 valence electrons. The first-order valence-corrected chi connectivity index (χ1v) is 6.73. The molecule has 0 atom stereocenters. The molecule has 1 aromatic rings. The Morgan fingerprint density at radius 2 is 2.24 bits per heavy atom. The van der Waals surface area contributed by atoms with E-state index >= 15 is 0 Å². The summed E-state index contributed by atoms with van der Waals surface area (Å²) < 4.78 is 4.56. The van der Waals surface area contributed by atoms with Crippen LogP contribution in [0.15, 0.2) is 23.8 Å². The molecule has 1 N–H and O–H groups in total. The zero-order valence-corrected chi connectivity index (χ0v) is 12.6. The van der Waals surface area contributed by atoms with Crippen LogP contribution < -0.4 is 4.90 Å². The minimum atomic E-state index is -0.642. The molecule has 0 radical (unpaired) electrons. The van der Waals surface area contributed by atoms with Crippen molar-refractivity contribution >= 4 is 17.7 Å². The molecular weight excluding hydrogens is 268 g/mol. The lowest BCUT2D eigenvalue weighted by Crippen LogP contribution is -2.26. The zero-order valence-electron chi connectivity index (χ0n) is 12.6. The molecule has 0 bridgehead atoms. The molecule has 5 heteroatoms. The number of rotatable bonds is 6. The molecule has 5 nitrogen and oxygen atoms in total. The van der Waals surface area contributed by atoms with Gasteiger partial charge in [-0.2, -0.15) is 5.26 Å². The molecule has 1 rings (SSSR count). The number of carbonyl (C=O) groups excluding carboxylic acids is 1. The highest BCUT2D eigenvalue weighted by molar-refractivity contribution is 5.98. The van der Waals surface area contributed by atoms with Crippen molar-refractivity contribution in [2.24, 2.45) is 0 Å². The van der Waals surface area contributed by atoms with Gasteiger partial charge in [0.05, 0.1) is 13.7 Å². The number of aliphatic hydroxyl groups excluding tert-OH is 1. The SMILES string of the molecule is CCN(CCO)c1ccc(/C=C(\C#N)C(=O)OC)c(C)c1. The maximum atomic E-state index is 11.4. The topological polar surface area (TPSA) is 73.6 Å². The number of ether oxygens (including phenoxy) is 1. The monoisotopic (exact) mass is 288 g/mol. The van der Waals surface area contributed by atoms with E-state index in [0.717, 1.165) is 23.4 Å². The molecule has 0 aliphatic carbocycles. The summed E-state index contributed by atoms with van der Waals surface area (Å²) in [5, 5.41) is 18.0. The van der Waals surface area contributed by atoms with Crippen molar-refractivity contribution in [2.75, 3.05) is 31.7 Å². The molecule has 21 heavy (non-hydrogen) atoms. The Morgan fingerprint density at radius 3 is 2.71 bits per heavy atom. The predicted molar refractivity (Wildman–Crippen MR) is 81.8 cm³/mol. The number of aliphatic hydroxyl groups is 1. The Kier molecular flexibility index (Phi) is 6.44. The lowest BCUT2D eigenvalue weighted by Gasteiger charge is -2.22. The van der Waals surface area contributed by atoms with Crippen LogP contribution in [0.5, 0.6) is 0 Å². The van der Waals surface area contributed by atoms with Crippen LogP contribution in [0.25, 0.3) is 6.08 Å². The largest absolute Gasteiger partial charge is 0.465 e. The fourth-order valence-electron chi connectivity index (χ4n) is 2.01. The third-order valence-electron chi connectivity index (χ3n) is 3.20. The van der Waals surface area contributed by atoms with Crippen molar-refractivity contribution in [1.29, 1.82) is 5.26 Å². The number of anilines is 1. The van der Waals surface area contributed by atoms with Crippen molar-refractivity contribution in [3.05, 3.63) is 34.9 Å². The highest BCUT2D eigenvalue weighted by Gasteiger charge is 2.10. The van der Waals surface area contributed by atoms with Gasteiger partial charge in [-0.3, -0.25) is 0 Å². The van der Waals surface area contributed by atoms with Gasteiger partial charge in [0.25, 0.3) is 0 Å². The summed E-state index contributed by atoms with van der Waals surface area (Å²) in [5.41, 5.74) is 2.70. The van der Waals surface area contributed by atoms with E-state index in [1.807, 2.05) is 43.0 Å². The van der Waals surface area contributed by atoms with E-state index in [4.69, 9.17) is 10.4 Å². The number of nitriles is 1. The zero-order chi connectivity index (χ0) is 15.8. The molecular formula is C16H20N2O3. The second-order valence-corrected chi connectivity index (χ2v) is 4.51. The third kappa shape index (κ3) is 4.33. The van der Waals surface area contributed by atoms with E-state index in [9.17, 15) is 4.79 Å². The minimum Gasteiger partial charge on any atom is -0.465 e. The molecule has 0 aliphatic heterocycles. The van der Waals surface area contributed by atoms with E-state index in [2.05, 4.69) is 4.74 Å². The second-order valence-electron chi connectivity index (χ2n) is 4.51. The maximum absolute atomic E-state index is 11.4. The van der Waals surface area contributed by atoms with Crippen molar-refractivity contribution in [1.82, 2.24) is 0 Å². The molecule has 0 saturated heterocycles. The predicted octanol–water partition coefficient (Wildman–Crippen LogP) is 1.89. The van der Waals surface area contributed by atoms with E-state index in [0.29, 0.717) is 6.54 Å². The van der Waals surface area contributed by atoms with Gasteiger partial charge < -0.3 is 14.7 Å². The van der Waals surface area contributed by atoms with E-state index < -0.39 is 5.97 Å². The van der Waals surface area contributed by atoms with E-state index in [1.165, 1.54) is 13.2 Å². The molecule has 0 unspecified atom stereocenters. The highest BCUT2D eigenvalue weighted by Crippen LogP contribution is 2.21. The van der Waals surface area contributed by atoms with Crippen LogP contribution in [0.1, 0.15) is 18.1 Å². The molecule has 1 aromatic carbocycles. The first kappa shape index (κ1) is 16.7. The summed E-state index contributed by atoms with van der Waals surface area (Å²) in [5.74, 6) is -0.642. The first-order valence-electron chi connectivity index (χ1n) is 6.73. The van der Waals surface area contributed by atoms with Gasteiger partial charge in [-0.25, -0.2) is 4.79 Å². The molecule has 0 amide bonds. The van der Waals surface area contributed by atoms with Gasteiger partial charge in [-0.1, -0.05) is 6.07 Å². The van der Waals surface area contributed by atoms with Crippen LogP contribution in [-0.4, -0.2) is 37.9 Å². The number of benzene rings is 1. The van der Waals surface area contributed by atoms with Gasteiger partial charge >= 0.3 is 5.97 Å². The van der Waals surface area contributed by atoms with Gasteiger partial charge in [0.2, 0.25) is 0 Å². The normalized spacial score (nSPS) is 10.9. The Morgan fingerprint density at radius 1 is 1.52 bits per heavy atom. The smallest absolute Gasteiger partial charge is 0.348 e. The summed E-state index contributed by atoms with van der Waals surface area (Å²) in [6.07, 6.45) is 1.52. The third-order valence-corrected chi connectivity index (χ3v) is 3.20. The van der Waals surface area contributed by atoms with E-state index in [1.54, 1.807) is 0 Å². The number of hydrogen-bond donors (Lipinski definition) is 1. The van der Waals surface area contributed by atoms with Crippen LogP contribution in [0.2, 0.25) is 0 Å². The maximum Gasteiger partial charge on any atom is 0.348 e. The summed E-state index contributed by atoms with van der Waals surface area (Å²) in [7, 11) is 1.25. The molecule has 0 aliphatic rings. The van der Waals surface area contributed by atoms with Gasteiger partial charge in [0, 0.05) is 18.8 Å². The molecule has 0 spiro atoms. The molecule has 0 aromatic heterocycles. The molecule has 0 fully saturated rings. The van der Waals surface area contributed by atoms with Gasteiger partial charge in [-0.05, 0) is 43.2 Å². The summed E-state index contributed by atoms with van der Waals surface area (Å²) in [6, 6.07) is 7.57. The number of nitrogens with zero attached hydrogens (tertiary/aromatic N) is 2.